The van der Waals surface area contributed by atoms with Gasteiger partial charge in [0.2, 0.25) is 18.9 Å². The van der Waals surface area contributed by atoms with Crippen LogP contribution < -0.4 is 18.9 Å². The lowest BCUT2D eigenvalue weighted by atomic mass is 9.98. The van der Waals surface area contributed by atoms with Crippen molar-refractivity contribution in [3.63, 3.8) is 0 Å². The van der Waals surface area contributed by atoms with E-state index in [0.717, 1.165) is 12.1 Å². The van der Waals surface area contributed by atoms with Crippen molar-refractivity contribution in [1.29, 1.82) is 0 Å². The van der Waals surface area contributed by atoms with Crippen molar-refractivity contribution in [2.75, 3.05) is 26.9 Å². The molecule has 67 heavy (non-hydrogen) atoms. The second-order valence-corrected chi connectivity index (χ2v) is 15.8. The van der Waals surface area contributed by atoms with Crippen LogP contribution in [-0.4, -0.2) is 197 Å². The van der Waals surface area contributed by atoms with Crippen LogP contribution in [-0.2, 0) is 28.5 Å². The molecule has 0 amide bonds. The Labute approximate surface area is 379 Å². The Morgan fingerprint density at radius 2 is 1.15 bits per heavy atom. The molecule has 24 heteroatoms. The summed E-state index contributed by atoms with van der Waals surface area (Å²) in [4.78, 5) is 12.9. The summed E-state index contributed by atoms with van der Waals surface area (Å²) in [5, 5.41) is 145. The molecular weight excluding hydrogens is 900 g/mol. The minimum Gasteiger partial charge on any atom is -0.508 e. The fraction of sp³-hybridized carbons (Fsp3) is 0.465. The molecule has 7 rings (SSSR count). The fourth-order valence-electron chi connectivity index (χ4n) is 7.48. The Morgan fingerprint density at radius 1 is 0.612 bits per heavy atom. The maximum Gasteiger partial charge on any atom is 0.330 e. The molecule has 0 aliphatic carbocycles. The Bertz CT molecular complexity index is 2270. The van der Waals surface area contributed by atoms with Gasteiger partial charge in [0.05, 0.1) is 25.9 Å². The van der Waals surface area contributed by atoms with Gasteiger partial charge in [-0.1, -0.05) is 12.1 Å². The lowest BCUT2D eigenvalue weighted by molar-refractivity contribution is -0.294. The van der Waals surface area contributed by atoms with Crippen molar-refractivity contribution in [2.45, 2.75) is 98.2 Å². The first-order valence-electron chi connectivity index (χ1n) is 20.5. The van der Waals surface area contributed by atoms with Crippen LogP contribution in [0.4, 0.5) is 0 Å². The minimum absolute atomic E-state index is 0.00415. The second kappa shape index (κ2) is 20.8. The Kier molecular flexibility index (Phi) is 15.3. The quantitative estimate of drug-likeness (QED) is 0.0557. The summed E-state index contributed by atoms with van der Waals surface area (Å²) in [6, 6.07) is 10.1. The zero-order chi connectivity index (χ0) is 48.4. The Balaban J connectivity index is 1.09. The van der Waals surface area contributed by atoms with Crippen molar-refractivity contribution < 1.29 is 119 Å². The van der Waals surface area contributed by atoms with E-state index in [1.807, 2.05) is 0 Å². The summed E-state index contributed by atoms with van der Waals surface area (Å²) in [6.07, 6.45) is -23.5. The number of fused-ring (bicyclic) bond motifs is 1. The molecule has 0 radical (unpaired) electrons. The maximum atomic E-state index is 12.9. The number of carbonyl (C=O) groups is 1. The van der Waals surface area contributed by atoms with E-state index in [1.165, 1.54) is 61.7 Å². The molecule has 24 nitrogen and oxygen atoms in total. The number of hydrogen-bond acceptors (Lipinski definition) is 24. The van der Waals surface area contributed by atoms with Gasteiger partial charge in [0, 0.05) is 23.8 Å². The number of ether oxygens (including phenoxy) is 9. The highest BCUT2D eigenvalue weighted by Gasteiger charge is 2.48. The molecule has 4 aliphatic heterocycles. The molecule has 1 unspecified atom stereocenters. The van der Waals surface area contributed by atoms with E-state index in [2.05, 4.69) is 0 Å². The molecule has 3 aromatic carbocycles. The molecule has 4 heterocycles. The molecule has 16 atom stereocenters. The molecule has 366 valence electrons. The van der Waals surface area contributed by atoms with Crippen LogP contribution in [0.1, 0.15) is 22.8 Å². The first-order valence-corrected chi connectivity index (χ1v) is 20.5. The van der Waals surface area contributed by atoms with Crippen molar-refractivity contribution in [3.8, 4) is 40.2 Å². The van der Waals surface area contributed by atoms with Crippen LogP contribution in [0, 0.1) is 0 Å². The van der Waals surface area contributed by atoms with Crippen molar-refractivity contribution in [2.24, 2.45) is 0 Å². The summed E-state index contributed by atoms with van der Waals surface area (Å²) in [5.74, 6) is -2.88. The lowest BCUT2D eigenvalue weighted by Crippen LogP contribution is -2.60. The highest BCUT2D eigenvalue weighted by atomic mass is 16.7. The second-order valence-electron chi connectivity index (χ2n) is 15.8. The van der Waals surface area contributed by atoms with Crippen molar-refractivity contribution in [3.05, 3.63) is 77.1 Å². The van der Waals surface area contributed by atoms with Crippen LogP contribution in [0.25, 0.3) is 12.2 Å². The predicted octanol–water partition coefficient (Wildman–Crippen LogP) is -3.28. The molecule has 0 saturated carbocycles. The van der Waals surface area contributed by atoms with Gasteiger partial charge in [0.25, 0.3) is 0 Å². The highest BCUT2D eigenvalue weighted by molar-refractivity contribution is 5.87. The molecule has 3 saturated heterocycles. The molecule has 3 aromatic rings. The van der Waals surface area contributed by atoms with Gasteiger partial charge in [-0.15, -0.1) is 0 Å². The van der Waals surface area contributed by atoms with Crippen LogP contribution >= 0.6 is 0 Å². The molecule has 0 aromatic heterocycles. The third kappa shape index (κ3) is 10.5. The zero-order valence-corrected chi connectivity index (χ0v) is 35.1. The summed E-state index contributed by atoms with van der Waals surface area (Å²) >= 11 is 0. The standard InChI is InChI=1S/C43H50O24/c1-59-24-9-17(4-6-20(24)47)40-26(12-19-22(61-40)10-18(46)11-23(19)62-41-37(56)34(53)31(50)27(13-44)65-41)64-43-39(58)36(55)33(52)29(67-43)15-60-30(49)7-3-16-2-5-21(48)25(8-16)63-42-38(57)35(54)32(51)28(14-45)66-42/h2-12,27-29,31-48,50-58H,13-15H2,1H3/b7-3+/t27-,28-,29-,31-,32-,33-,34+,35+,36+,37-,38-,39-,40?,41-,42-,43-/m1/s1. The molecular formula is C43H50O24. The first kappa shape index (κ1) is 49.4. The van der Waals surface area contributed by atoms with Crippen molar-refractivity contribution in [1.82, 2.24) is 0 Å². The summed E-state index contributed by atoms with van der Waals surface area (Å²) in [6.45, 7) is -2.21. The summed E-state index contributed by atoms with van der Waals surface area (Å²) < 4.78 is 50.9. The van der Waals surface area contributed by atoms with Gasteiger partial charge in [-0.25, -0.2) is 4.79 Å². The van der Waals surface area contributed by atoms with E-state index in [4.69, 9.17) is 42.6 Å². The van der Waals surface area contributed by atoms with Gasteiger partial charge >= 0.3 is 5.97 Å². The first-order chi connectivity index (χ1) is 31.9. The summed E-state index contributed by atoms with van der Waals surface area (Å²) in [5.41, 5.74) is 0.504. The number of esters is 1. The van der Waals surface area contributed by atoms with Gasteiger partial charge in [-0.05, 0) is 42.0 Å². The fourth-order valence-corrected chi connectivity index (χ4v) is 7.48. The van der Waals surface area contributed by atoms with E-state index >= 15 is 0 Å². The highest BCUT2D eigenvalue weighted by Crippen LogP contribution is 2.47. The van der Waals surface area contributed by atoms with Crippen LogP contribution in [0.2, 0.25) is 0 Å². The van der Waals surface area contributed by atoms with Gasteiger partial charge < -0.3 is 114 Å². The number of aromatic hydroxyl groups is 3. The number of carbonyl (C=O) groups excluding carboxylic acids is 1. The normalized spacial score (nSPS) is 34.1. The molecule has 14 N–H and O–H groups in total. The number of aliphatic hydroxyl groups excluding tert-OH is 11. The topological polar surface area (TPSA) is 383 Å². The third-order valence-electron chi connectivity index (χ3n) is 11.3. The van der Waals surface area contributed by atoms with E-state index in [1.54, 1.807) is 0 Å². The van der Waals surface area contributed by atoms with E-state index < -0.39 is 136 Å². The average Bonchev–Trinajstić information content (AvgIpc) is 3.31. The third-order valence-corrected chi connectivity index (χ3v) is 11.3. The number of aliphatic hydroxyl groups is 11. The largest absolute Gasteiger partial charge is 0.508 e. The molecule has 4 aliphatic rings. The van der Waals surface area contributed by atoms with Gasteiger partial charge in [0.15, 0.2) is 29.1 Å². The summed E-state index contributed by atoms with van der Waals surface area (Å²) in [7, 11) is 1.29. The number of phenols is 3. The van der Waals surface area contributed by atoms with E-state index in [9.17, 15) is 76.3 Å². The number of benzene rings is 3. The smallest absolute Gasteiger partial charge is 0.330 e. The van der Waals surface area contributed by atoms with Crippen LogP contribution in [0.3, 0.4) is 0 Å². The lowest BCUT2D eigenvalue weighted by Gasteiger charge is -2.41. The van der Waals surface area contributed by atoms with Gasteiger partial charge in [-0.2, -0.15) is 0 Å². The number of rotatable bonds is 14. The number of hydrogen-bond donors (Lipinski definition) is 14. The predicted molar refractivity (Wildman–Crippen MR) is 219 cm³/mol. The van der Waals surface area contributed by atoms with Crippen LogP contribution in [0.15, 0.2) is 60.4 Å². The van der Waals surface area contributed by atoms with Crippen molar-refractivity contribution >= 4 is 18.1 Å². The Morgan fingerprint density at radius 3 is 1.75 bits per heavy atom. The maximum absolute atomic E-state index is 12.9. The molecule has 0 bridgehead atoms. The number of methoxy groups -OCH3 is 1. The van der Waals surface area contributed by atoms with Gasteiger partial charge in [-0.3, -0.25) is 0 Å². The Hall–Kier alpha value is -5.55. The number of phenolic OH excluding ortho intramolecular Hbond substituents is 3. The SMILES string of the molecule is COc1cc(C2Oc3cc(O)cc(O[C@@H]4O[C@H](CO)[C@@H](O)[C@H](O)[C@H]4O)c3C=C2O[C@@H]2O[C@H](COC(=O)/C=C/c3ccc(O)c(O[C@@H]4O[C@H](CO)[C@@H](O)[C@H](O)[C@H]4O)c3)[C@@H](O)[C@H](O)[C@H]2O)ccc1O. The van der Waals surface area contributed by atoms with Gasteiger partial charge in [0.1, 0.15) is 103 Å². The van der Waals surface area contributed by atoms with E-state index in [0.29, 0.717) is 0 Å². The monoisotopic (exact) mass is 950 g/mol. The minimum atomic E-state index is -1.96. The average molecular weight is 951 g/mol. The van der Waals surface area contributed by atoms with E-state index in [-0.39, 0.29) is 51.2 Å². The zero-order valence-electron chi connectivity index (χ0n) is 35.1. The molecule has 3 fully saturated rings. The van der Waals surface area contributed by atoms with Crippen LogP contribution in [0.5, 0.6) is 40.2 Å². The molecule has 0 spiro atoms.